The smallest absolute Gasteiger partial charge is 0.550 e. The van der Waals surface area contributed by atoms with Gasteiger partial charge in [0.05, 0.1) is 0 Å². The average Bonchev–Trinajstić information content (AvgIpc) is 2.93. The van der Waals surface area contributed by atoms with Crippen molar-refractivity contribution in [1.82, 2.24) is 0 Å². The first-order valence-electron chi connectivity index (χ1n) is 17.9. The maximum absolute atomic E-state index is 10.2. The highest BCUT2D eigenvalue weighted by Gasteiger charge is 2.00. The van der Waals surface area contributed by atoms with E-state index in [2.05, 4.69) is 13.8 Å². The van der Waals surface area contributed by atoms with Crippen molar-refractivity contribution in [3.05, 3.63) is 0 Å². The molecule has 0 bridgehead atoms. The van der Waals surface area contributed by atoms with Crippen molar-refractivity contribution >= 4 is 25.4 Å². The van der Waals surface area contributed by atoms with Crippen molar-refractivity contribution in [2.45, 2.75) is 219 Å². The lowest BCUT2D eigenvalue weighted by Crippen LogP contribution is -2.21. The molecule has 41 heavy (non-hydrogen) atoms. The highest BCUT2D eigenvalue weighted by molar-refractivity contribution is 7.37. The van der Waals surface area contributed by atoms with Crippen LogP contribution in [0.4, 0.5) is 0 Å². The minimum atomic E-state index is -0.903. The van der Waals surface area contributed by atoms with Crippen molar-refractivity contribution < 1.29 is 19.8 Å². The van der Waals surface area contributed by atoms with Crippen molar-refractivity contribution in [1.29, 1.82) is 0 Å². The van der Waals surface area contributed by atoms with Gasteiger partial charge in [-0.25, -0.2) is 0 Å². The van der Waals surface area contributed by atoms with Crippen molar-refractivity contribution in [3.8, 4) is 0 Å². The van der Waals surface area contributed by atoms with Crippen LogP contribution in [0.25, 0.3) is 0 Å². The zero-order valence-electron chi connectivity index (χ0n) is 27.7. The molecule has 244 valence electrons. The molecule has 0 saturated carbocycles. The topological polar surface area (TPSA) is 80.3 Å². The fourth-order valence-electron chi connectivity index (χ4n) is 5.28. The SMILES string of the molecule is CCCCCCCCCCCCCCCCCC(=O)[O-].CCCCCCCCCCCCCCCCCC(=O)[O-].[S+2]. The van der Waals surface area contributed by atoms with Crippen LogP contribution in [0.15, 0.2) is 0 Å². The van der Waals surface area contributed by atoms with Gasteiger partial charge < -0.3 is 19.8 Å². The standard InChI is InChI=1S/2C18H36O2.S/c2*1-2-3-4-5-6-7-8-9-10-11-12-13-14-15-16-17-18(19)20;/h2*2-17H2,1H3,(H,19,20);/q;;+2/p-2. The van der Waals surface area contributed by atoms with E-state index in [-0.39, 0.29) is 26.3 Å². The molecule has 5 heteroatoms. The summed E-state index contributed by atoms with van der Waals surface area (Å²) in [7, 11) is 0. The van der Waals surface area contributed by atoms with Gasteiger partial charge in [-0.3, -0.25) is 0 Å². The number of carbonyl (C=O) groups excluding carboxylic acids is 2. The molecule has 0 fully saturated rings. The highest BCUT2D eigenvalue weighted by atomic mass is 32.1. The van der Waals surface area contributed by atoms with E-state index in [1.807, 2.05) is 0 Å². The second-order valence-corrected chi connectivity index (χ2v) is 12.1. The third kappa shape index (κ3) is 49.3. The van der Waals surface area contributed by atoms with E-state index in [0.29, 0.717) is 0 Å². The van der Waals surface area contributed by atoms with Crippen LogP contribution in [0.3, 0.4) is 0 Å². The van der Waals surface area contributed by atoms with Crippen molar-refractivity contribution in [2.75, 3.05) is 0 Å². The van der Waals surface area contributed by atoms with Gasteiger partial charge in [0.2, 0.25) is 0 Å². The summed E-state index contributed by atoms with van der Waals surface area (Å²) < 4.78 is 0. The largest absolute Gasteiger partial charge is 2.00 e. The first-order valence-corrected chi connectivity index (χ1v) is 17.9. The summed E-state index contributed by atoms with van der Waals surface area (Å²) in [6.45, 7) is 4.53. The lowest BCUT2D eigenvalue weighted by atomic mass is 10.0. The zero-order chi connectivity index (χ0) is 29.8. The molecule has 0 saturated heterocycles. The molecule has 0 aromatic rings. The zero-order valence-corrected chi connectivity index (χ0v) is 28.5. The molecule has 0 aromatic heterocycles. The predicted octanol–water partition coefficient (Wildman–Crippen LogP) is 9.99. The summed E-state index contributed by atoms with van der Waals surface area (Å²) in [5.41, 5.74) is 0. The van der Waals surface area contributed by atoms with Gasteiger partial charge in [-0.2, -0.15) is 0 Å². The van der Waals surface area contributed by atoms with Gasteiger partial charge in [-0.15, -0.1) is 0 Å². The Morgan fingerprint density at radius 3 is 0.610 bits per heavy atom. The van der Waals surface area contributed by atoms with Crippen LogP contribution >= 0.6 is 0 Å². The number of carboxylic acids is 2. The minimum absolute atomic E-state index is 0. The summed E-state index contributed by atoms with van der Waals surface area (Å²) in [5.74, 6) is -1.81. The van der Waals surface area contributed by atoms with Crippen LogP contribution < -0.4 is 10.2 Å². The van der Waals surface area contributed by atoms with E-state index in [1.165, 1.54) is 167 Å². The molecule has 4 radical (unpaired) electrons. The Labute approximate surface area is 264 Å². The fourth-order valence-corrected chi connectivity index (χ4v) is 5.28. The van der Waals surface area contributed by atoms with E-state index in [1.54, 1.807) is 0 Å². The van der Waals surface area contributed by atoms with Gasteiger partial charge >= 0.3 is 13.5 Å². The Balaban J connectivity index is -0.000000688. The van der Waals surface area contributed by atoms with Gasteiger partial charge in [0, 0.05) is 11.9 Å². The van der Waals surface area contributed by atoms with Crippen LogP contribution in [-0.4, -0.2) is 11.9 Å². The number of unbranched alkanes of at least 4 members (excludes halogenated alkanes) is 28. The second-order valence-electron chi connectivity index (χ2n) is 12.1. The molecule has 4 nitrogen and oxygen atoms in total. The molecule has 0 amide bonds. The normalized spacial score (nSPS) is 10.6. The number of hydrogen-bond donors (Lipinski definition) is 0. The van der Waals surface area contributed by atoms with Crippen LogP contribution in [0.5, 0.6) is 0 Å². The summed E-state index contributed by atoms with van der Waals surface area (Å²) >= 11 is 0. The van der Waals surface area contributed by atoms with E-state index >= 15 is 0 Å². The fraction of sp³-hybridized carbons (Fsp3) is 0.944. The molecule has 0 unspecified atom stereocenters. The van der Waals surface area contributed by atoms with Gasteiger partial charge in [-0.05, 0) is 25.7 Å². The molecule has 0 aliphatic heterocycles. The van der Waals surface area contributed by atoms with Gasteiger partial charge in [0.15, 0.2) is 0 Å². The molecule has 0 N–H and O–H groups in total. The number of carboxylic acid groups (broad SMARTS) is 2. The second kappa shape index (κ2) is 41.4. The summed E-state index contributed by atoms with van der Waals surface area (Å²) in [6, 6.07) is 0. The Hall–Kier alpha value is -0.710. The summed E-state index contributed by atoms with van der Waals surface area (Å²) in [4.78, 5) is 20.4. The minimum Gasteiger partial charge on any atom is -0.550 e. The van der Waals surface area contributed by atoms with Crippen molar-refractivity contribution in [3.63, 3.8) is 0 Å². The molecular formula is C36H70O4S. The van der Waals surface area contributed by atoms with Crippen LogP contribution in [0, 0.1) is 0 Å². The first-order chi connectivity index (χ1) is 19.5. The number of carbonyl (C=O) groups is 2. The van der Waals surface area contributed by atoms with E-state index in [4.69, 9.17) is 0 Å². The Morgan fingerprint density at radius 1 is 0.317 bits per heavy atom. The Morgan fingerprint density at radius 2 is 0.463 bits per heavy atom. The third-order valence-electron chi connectivity index (χ3n) is 7.97. The molecule has 0 spiro atoms. The summed E-state index contributed by atoms with van der Waals surface area (Å²) in [6.07, 6.45) is 39.7. The molecular weight excluding hydrogens is 528 g/mol. The first kappa shape index (κ1) is 44.7. The molecule has 0 atom stereocenters. The lowest BCUT2D eigenvalue weighted by molar-refractivity contribution is -0.307. The Kier molecular flexibility index (Phi) is 45.2. The number of hydrogen-bond acceptors (Lipinski definition) is 4. The van der Waals surface area contributed by atoms with E-state index < -0.39 is 11.9 Å². The van der Waals surface area contributed by atoms with Gasteiger partial charge in [0.1, 0.15) is 0 Å². The van der Waals surface area contributed by atoms with Gasteiger partial charge in [0.25, 0.3) is 0 Å². The molecule has 0 rings (SSSR count). The molecule has 0 aliphatic rings. The monoisotopic (exact) mass is 598 g/mol. The maximum Gasteiger partial charge on any atom is 2.00 e. The van der Waals surface area contributed by atoms with Crippen LogP contribution in [0.2, 0.25) is 0 Å². The predicted molar refractivity (Wildman–Crippen MR) is 176 cm³/mol. The quantitative estimate of drug-likeness (QED) is 0.0722. The van der Waals surface area contributed by atoms with E-state index in [9.17, 15) is 19.8 Å². The lowest BCUT2D eigenvalue weighted by Gasteiger charge is -2.04. The van der Waals surface area contributed by atoms with Crippen LogP contribution in [-0.2, 0) is 23.1 Å². The number of aliphatic carboxylic acids is 2. The summed E-state index contributed by atoms with van der Waals surface area (Å²) in [5, 5.41) is 20.4. The van der Waals surface area contributed by atoms with Crippen molar-refractivity contribution in [2.24, 2.45) is 0 Å². The highest BCUT2D eigenvalue weighted by Crippen LogP contribution is 2.15. The molecule has 0 heterocycles. The van der Waals surface area contributed by atoms with Gasteiger partial charge in [-0.1, -0.05) is 194 Å². The third-order valence-corrected chi connectivity index (χ3v) is 7.97. The molecule has 0 aromatic carbocycles. The maximum atomic E-state index is 10.2. The van der Waals surface area contributed by atoms with Crippen LogP contribution in [0.1, 0.15) is 219 Å². The van der Waals surface area contributed by atoms with E-state index in [0.717, 1.165) is 25.7 Å². The number of rotatable bonds is 32. The Bertz CT molecular complexity index is 454. The average molecular weight is 599 g/mol. The molecule has 0 aliphatic carbocycles.